The van der Waals surface area contributed by atoms with Gasteiger partial charge in [-0.1, -0.05) is 26.7 Å². The lowest BCUT2D eigenvalue weighted by molar-refractivity contribution is 0.235. The van der Waals surface area contributed by atoms with Crippen molar-refractivity contribution in [3.05, 3.63) is 0 Å². The van der Waals surface area contributed by atoms with Gasteiger partial charge in [0.2, 0.25) is 0 Å². The van der Waals surface area contributed by atoms with E-state index in [4.69, 9.17) is 0 Å². The molecule has 0 radical (unpaired) electrons. The van der Waals surface area contributed by atoms with E-state index < -0.39 is 0 Å². The fraction of sp³-hybridized carbons (Fsp3) is 0.909. The Kier molecular flexibility index (Phi) is 2.41. The van der Waals surface area contributed by atoms with Crippen LogP contribution in [0, 0.1) is 5.41 Å². The highest BCUT2D eigenvalue weighted by Crippen LogP contribution is 2.44. The van der Waals surface area contributed by atoms with E-state index in [1.54, 1.807) is 0 Å². The second kappa shape index (κ2) is 3.44. The third-order valence-corrected chi connectivity index (χ3v) is 3.51. The molecule has 0 heterocycles. The first kappa shape index (κ1) is 9.81. The second-order valence-corrected chi connectivity index (χ2v) is 5.34. The molecule has 0 spiro atoms. The van der Waals surface area contributed by atoms with Crippen molar-refractivity contribution >= 4 is 6.03 Å². The highest BCUT2D eigenvalue weighted by molar-refractivity contribution is 5.75. The summed E-state index contributed by atoms with van der Waals surface area (Å²) >= 11 is 0. The molecular weight excluding hydrogens is 176 g/mol. The van der Waals surface area contributed by atoms with Crippen molar-refractivity contribution in [2.24, 2.45) is 5.41 Å². The molecule has 2 aliphatic rings. The highest BCUT2D eigenvalue weighted by atomic mass is 16.2. The molecule has 2 N–H and O–H groups in total. The highest BCUT2D eigenvalue weighted by Gasteiger charge is 2.46. The molecule has 3 nitrogen and oxygen atoms in total. The molecule has 2 rings (SSSR count). The molecular formula is C11H20N2O. The summed E-state index contributed by atoms with van der Waals surface area (Å²) in [7, 11) is 0. The summed E-state index contributed by atoms with van der Waals surface area (Å²) in [6.45, 7) is 4.38. The molecule has 0 aromatic rings. The van der Waals surface area contributed by atoms with Gasteiger partial charge in [0.25, 0.3) is 0 Å². The van der Waals surface area contributed by atoms with Crippen LogP contribution in [0.4, 0.5) is 4.79 Å². The molecule has 2 fully saturated rings. The maximum atomic E-state index is 11.5. The third kappa shape index (κ3) is 2.20. The van der Waals surface area contributed by atoms with E-state index in [-0.39, 0.29) is 6.03 Å². The standard InChI is InChI=1S/C11H20N2O/c1-11(2)7-9(11)13-10(14)12-8-5-3-4-6-8/h8-9H,3-7H2,1-2H3,(H2,12,13,14). The van der Waals surface area contributed by atoms with Gasteiger partial charge in [-0.05, 0) is 24.7 Å². The van der Waals surface area contributed by atoms with E-state index in [0.29, 0.717) is 17.5 Å². The van der Waals surface area contributed by atoms with E-state index in [1.165, 1.54) is 12.8 Å². The Morgan fingerprint density at radius 3 is 2.29 bits per heavy atom. The first-order chi connectivity index (χ1) is 6.58. The van der Waals surface area contributed by atoms with Crippen molar-refractivity contribution in [2.45, 2.75) is 58.0 Å². The van der Waals surface area contributed by atoms with Crippen LogP contribution in [0.25, 0.3) is 0 Å². The molecule has 0 aromatic carbocycles. The predicted molar refractivity (Wildman–Crippen MR) is 56.1 cm³/mol. The minimum atomic E-state index is 0.0347. The number of urea groups is 1. The maximum Gasteiger partial charge on any atom is 0.315 e. The summed E-state index contributed by atoms with van der Waals surface area (Å²) in [6, 6.07) is 0.855. The lowest BCUT2D eigenvalue weighted by Gasteiger charge is -2.13. The Morgan fingerprint density at radius 1 is 1.21 bits per heavy atom. The topological polar surface area (TPSA) is 41.1 Å². The van der Waals surface area contributed by atoms with Gasteiger partial charge in [-0.15, -0.1) is 0 Å². The minimum absolute atomic E-state index is 0.0347. The van der Waals surface area contributed by atoms with Crippen LogP contribution < -0.4 is 10.6 Å². The van der Waals surface area contributed by atoms with Gasteiger partial charge in [-0.25, -0.2) is 4.79 Å². The van der Waals surface area contributed by atoms with Crippen LogP contribution in [0.15, 0.2) is 0 Å². The van der Waals surface area contributed by atoms with Gasteiger partial charge in [0.15, 0.2) is 0 Å². The SMILES string of the molecule is CC1(C)CC1NC(=O)NC1CCCC1. The quantitative estimate of drug-likeness (QED) is 0.697. The molecule has 0 saturated heterocycles. The molecule has 2 amide bonds. The largest absolute Gasteiger partial charge is 0.335 e. The Balaban J connectivity index is 1.69. The molecule has 2 aliphatic carbocycles. The van der Waals surface area contributed by atoms with Crippen LogP contribution in [0.2, 0.25) is 0 Å². The normalized spacial score (nSPS) is 30.0. The van der Waals surface area contributed by atoms with Crippen molar-refractivity contribution in [1.82, 2.24) is 10.6 Å². The van der Waals surface area contributed by atoms with Gasteiger partial charge in [-0.2, -0.15) is 0 Å². The van der Waals surface area contributed by atoms with Gasteiger partial charge in [0.1, 0.15) is 0 Å². The zero-order chi connectivity index (χ0) is 10.2. The second-order valence-electron chi connectivity index (χ2n) is 5.34. The van der Waals surface area contributed by atoms with Gasteiger partial charge < -0.3 is 10.6 Å². The van der Waals surface area contributed by atoms with E-state index in [1.807, 2.05) is 0 Å². The van der Waals surface area contributed by atoms with Crippen molar-refractivity contribution in [1.29, 1.82) is 0 Å². The molecule has 0 aromatic heterocycles. The summed E-state index contributed by atoms with van der Waals surface area (Å²) in [5, 5.41) is 6.06. The molecule has 14 heavy (non-hydrogen) atoms. The van der Waals surface area contributed by atoms with Crippen LogP contribution in [0.3, 0.4) is 0 Å². The van der Waals surface area contributed by atoms with Crippen LogP contribution in [0.5, 0.6) is 0 Å². The zero-order valence-corrected chi connectivity index (χ0v) is 9.10. The molecule has 80 valence electrons. The monoisotopic (exact) mass is 196 g/mol. The van der Waals surface area contributed by atoms with E-state index in [2.05, 4.69) is 24.5 Å². The third-order valence-electron chi connectivity index (χ3n) is 3.51. The number of carbonyl (C=O) groups excluding carboxylic acids is 1. The van der Waals surface area contributed by atoms with Crippen molar-refractivity contribution in [3.63, 3.8) is 0 Å². The summed E-state index contributed by atoms with van der Waals surface area (Å²) in [5.74, 6) is 0. The van der Waals surface area contributed by atoms with Crippen LogP contribution in [-0.2, 0) is 0 Å². The number of rotatable bonds is 2. The molecule has 0 aliphatic heterocycles. The summed E-state index contributed by atoms with van der Waals surface area (Å²) in [5.41, 5.74) is 0.326. The molecule has 1 atom stereocenters. The van der Waals surface area contributed by atoms with Gasteiger partial charge in [0, 0.05) is 12.1 Å². The van der Waals surface area contributed by atoms with E-state index in [0.717, 1.165) is 19.3 Å². The molecule has 3 heteroatoms. The Morgan fingerprint density at radius 2 is 1.79 bits per heavy atom. The average molecular weight is 196 g/mol. The fourth-order valence-electron chi connectivity index (χ4n) is 2.17. The molecule has 0 bridgehead atoms. The number of amides is 2. The smallest absolute Gasteiger partial charge is 0.315 e. The van der Waals surface area contributed by atoms with Crippen molar-refractivity contribution in [3.8, 4) is 0 Å². The fourth-order valence-corrected chi connectivity index (χ4v) is 2.17. The molecule has 1 unspecified atom stereocenters. The number of hydrogen-bond donors (Lipinski definition) is 2. The van der Waals surface area contributed by atoms with Gasteiger partial charge >= 0.3 is 6.03 Å². The Hall–Kier alpha value is -0.730. The summed E-state index contributed by atoms with van der Waals surface area (Å²) < 4.78 is 0. The maximum absolute atomic E-state index is 11.5. The van der Waals surface area contributed by atoms with Gasteiger partial charge in [0.05, 0.1) is 0 Å². The Labute approximate surface area is 85.6 Å². The minimum Gasteiger partial charge on any atom is -0.335 e. The number of carbonyl (C=O) groups is 1. The Bertz CT molecular complexity index is 223. The molecule has 2 saturated carbocycles. The lowest BCUT2D eigenvalue weighted by atomic mass is 10.2. The summed E-state index contributed by atoms with van der Waals surface area (Å²) in [6.07, 6.45) is 5.95. The van der Waals surface area contributed by atoms with E-state index in [9.17, 15) is 4.79 Å². The van der Waals surface area contributed by atoms with Crippen molar-refractivity contribution in [2.75, 3.05) is 0 Å². The first-order valence-corrected chi connectivity index (χ1v) is 5.65. The zero-order valence-electron chi connectivity index (χ0n) is 9.10. The predicted octanol–water partition coefficient (Wildman–Crippen LogP) is 2.03. The first-order valence-electron chi connectivity index (χ1n) is 5.65. The van der Waals surface area contributed by atoms with Gasteiger partial charge in [-0.3, -0.25) is 0 Å². The van der Waals surface area contributed by atoms with Crippen LogP contribution >= 0.6 is 0 Å². The number of nitrogens with one attached hydrogen (secondary N) is 2. The van der Waals surface area contributed by atoms with Crippen LogP contribution in [-0.4, -0.2) is 18.1 Å². The number of hydrogen-bond acceptors (Lipinski definition) is 1. The summed E-state index contributed by atoms with van der Waals surface area (Å²) in [4.78, 5) is 11.5. The van der Waals surface area contributed by atoms with E-state index >= 15 is 0 Å². The lowest BCUT2D eigenvalue weighted by Crippen LogP contribution is -2.42. The van der Waals surface area contributed by atoms with Crippen molar-refractivity contribution < 1.29 is 4.79 Å². The van der Waals surface area contributed by atoms with Crippen LogP contribution in [0.1, 0.15) is 46.0 Å². The average Bonchev–Trinajstić information content (AvgIpc) is 2.49.